The van der Waals surface area contributed by atoms with E-state index in [1.165, 1.54) is 11.1 Å². The zero-order valence-corrected chi connectivity index (χ0v) is 8.44. The van der Waals surface area contributed by atoms with Crippen LogP contribution in [0.3, 0.4) is 0 Å². The number of rotatable bonds is 2. The second-order valence-corrected chi connectivity index (χ2v) is 3.45. The van der Waals surface area contributed by atoms with Gasteiger partial charge in [0.2, 0.25) is 0 Å². The fourth-order valence-corrected chi connectivity index (χ4v) is 1.51. The highest BCUT2D eigenvalue weighted by Gasteiger charge is 2.05. The summed E-state index contributed by atoms with van der Waals surface area (Å²) in [7, 11) is 1.96. The van der Waals surface area contributed by atoms with Crippen molar-refractivity contribution in [2.75, 3.05) is 7.05 Å². The Morgan fingerprint density at radius 1 is 1.42 bits per heavy atom. The van der Waals surface area contributed by atoms with Crippen LogP contribution in [0, 0.1) is 6.92 Å². The van der Waals surface area contributed by atoms with Gasteiger partial charge in [-0.1, -0.05) is 17.7 Å². The quantitative estimate of drug-likeness (QED) is 0.744. The van der Waals surface area contributed by atoms with Crippen LogP contribution in [-0.4, -0.2) is 7.05 Å². The first kappa shape index (κ1) is 9.56. The van der Waals surface area contributed by atoms with Gasteiger partial charge in [-0.25, -0.2) is 0 Å². The maximum Gasteiger partial charge on any atom is 0.0408 e. The molecule has 0 bridgehead atoms. The molecule has 0 saturated heterocycles. The first-order chi connectivity index (χ1) is 5.65. The molecule has 1 N–H and O–H groups in total. The zero-order chi connectivity index (χ0) is 9.14. The maximum atomic E-state index is 5.84. The van der Waals surface area contributed by atoms with Crippen molar-refractivity contribution in [2.24, 2.45) is 0 Å². The summed E-state index contributed by atoms with van der Waals surface area (Å²) >= 11 is 5.84. The van der Waals surface area contributed by atoms with Gasteiger partial charge in [-0.2, -0.15) is 0 Å². The lowest BCUT2D eigenvalue weighted by Gasteiger charge is -2.13. The number of benzene rings is 1. The Bertz CT molecular complexity index is 271. The standard InChI is InChI=1S/C10H14ClN/c1-7-6-9(11)4-5-10(7)8(2)12-3/h4-6,8,12H,1-3H3/t8-/m1/s1. The second-order valence-electron chi connectivity index (χ2n) is 3.01. The van der Waals surface area contributed by atoms with Crippen LogP contribution in [0.25, 0.3) is 0 Å². The molecule has 66 valence electrons. The molecule has 1 aromatic carbocycles. The van der Waals surface area contributed by atoms with E-state index in [1.54, 1.807) is 0 Å². The van der Waals surface area contributed by atoms with E-state index < -0.39 is 0 Å². The summed E-state index contributed by atoms with van der Waals surface area (Å²) in [5.74, 6) is 0. The molecule has 12 heavy (non-hydrogen) atoms. The molecule has 0 heterocycles. The number of nitrogens with one attached hydrogen (secondary N) is 1. The van der Waals surface area contributed by atoms with Gasteiger partial charge in [0.05, 0.1) is 0 Å². The molecule has 0 radical (unpaired) electrons. The third-order valence-electron chi connectivity index (χ3n) is 2.13. The van der Waals surface area contributed by atoms with E-state index >= 15 is 0 Å². The Kier molecular flexibility index (Phi) is 3.12. The second kappa shape index (κ2) is 3.92. The molecule has 0 spiro atoms. The fourth-order valence-electron chi connectivity index (χ4n) is 1.28. The van der Waals surface area contributed by atoms with Gasteiger partial charge in [0.15, 0.2) is 0 Å². The lowest BCUT2D eigenvalue weighted by atomic mass is 10.0. The Morgan fingerprint density at radius 2 is 2.08 bits per heavy atom. The predicted octanol–water partition coefficient (Wildman–Crippen LogP) is 2.93. The van der Waals surface area contributed by atoms with E-state index in [2.05, 4.69) is 25.2 Å². The summed E-state index contributed by atoms with van der Waals surface area (Å²) in [5, 5.41) is 4.00. The van der Waals surface area contributed by atoms with Crippen LogP contribution in [0.15, 0.2) is 18.2 Å². The van der Waals surface area contributed by atoms with E-state index in [9.17, 15) is 0 Å². The average molecular weight is 184 g/mol. The number of halogens is 1. The normalized spacial score (nSPS) is 13.0. The lowest BCUT2D eigenvalue weighted by molar-refractivity contribution is 0.648. The molecule has 0 aliphatic heterocycles. The minimum absolute atomic E-state index is 0.391. The molecule has 0 aliphatic carbocycles. The van der Waals surface area contributed by atoms with Crippen LogP contribution < -0.4 is 5.32 Å². The molecule has 1 atom stereocenters. The Balaban J connectivity index is 3.01. The highest BCUT2D eigenvalue weighted by Crippen LogP contribution is 2.20. The Labute approximate surface area is 78.7 Å². The minimum atomic E-state index is 0.391. The van der Waals surface area contributed by atoms with Crippen molar-refractivity contribution in [3.63, 3.8) is 0 Å². The molecule has 0 aliphatic rings. The van der Waals surface area contributed by atoms with Gasteiger partial charge < -0.3 is 5.32 Å². The molecule has 0 aromatic heterocycles. The van der Waals surface area contributed by atoms with Gasteiger partial charge in [-0.3, -0.25) is 0 Å². The predicted molar refractivity (Wildman–Crippen MR) is 53.7 cm³/mol. The molecule has 1 nitrogen and oxygen atoms in total. The summed E-state index contributed by atoms with van der Waals surface area (Å²) in [6, 6.07) is 6.38. The number of aryl methyl sites for hydroxylation is 1. The number of hydrogen-bond donors (Lipinski definition) is 1. The summed E-state index contributed by atoms with van der Waals surface area (Å²) in [4.78, 5) is 0. The van der Waals surface area contributed by atoms with Gasteiger partial charge in [-0.05, 0) is 44.2 Å². The van der Waals surface area contributed by atoms with Crippen molar-refractivity contribution < 1.29 is 0 Å². The first-order valence-corrected chi connectivity index (χ1v) is 4.46. The molecule has 2 heteroatoms. The maximum absolute atomic E-state index is 5.84. The van der Waals surface area contributed by atoms with E-state index in [1.807, 2.05) is 19.2 Å². The fraction of sp³-hybridized carbons (Fsp3) is 0.400. The molecule has 1 aromatic rings. The first-order valence-electron chi connectivity index (χ1n) is 4.08. The van der Waals surface area contributed by atoms with Crippen molar-refractivity contribution in [3.05, 3.63) is 34.3 Å². The summed E-state index contributed by atoms with van der Waals surface area (Å²) in [5.41, 5.74) is 2.55. The molecular formula is C10H14ClN. The van der Waals surface area contributed by atoms with Gasteiger partial charge in [0, 0.05) is 11.1 Å². The molecule has 0 amide bonds. The topological polar surface area (TPSA) is 12.0 Å². The van der Waals surface area contributed by atoms with Crippen molar-refractivity contribution >= 4 is 11.6 Å². The smallest absolute Gasteiger partial charge is 0.0408 e. The highest BCUT2D eigenvalue weighted by atomic mass is 35.5. The van der Waals surface area contributed by atoms with Gasteiger partial charge in [0.25, 0.3) is 0 Å². The van der Waals surface area contributed by atoms with Crippen molar-refractivity contribution in [2.45, 2.75) is 19.9 Å². The van der Waals surface area contributed by atoms with Gasteiger partial charge >= 0.3 is 0 Å². The van der Waals surface area contributed by atoms with Gasteiger partial charge in [0.1, 0.15) is 0 Å². The monoisotopic (exact) mass is 183 g/mol. The number of hydrogen-bond acceptors (Lipinski definition) is 1. The lowest BCUT2D eigenvalue weighted by Crippen LogP contribution is -2.13. The molecular weight excluding hydrogens is 170 g/mol. The Morgan fingerprint density at radius 3 is 2.58 bits per heavy atom. The minimum Gasteiger partial charge on any atom is -0.313 e. The molecule has 0 unspecified atom stereocenters. The highest BCUT2D eigenvalue weighted by molar-refractivity contribution is 6.30. The average Bonchev–Trinajstić information content (AvgIpc) is 2.03. The van der Waals surface area contributed by atoms with Crippen LogP contribution in [-0.2, 0) is 0 Å². The SMILES string of the molecule is CN[C@H](C)c1ccc(Cl)cc1C. The largest absolute Gasteiger partial charge is 0.313 e. The summed E-state index contributed by atoms with van der Waals surface area (Å²) in [6.45, 7) is 4.21. The van der Waals surface area contributed by atoms with Crippen LogP contribution in [0.2, 0.25) is 5.02 Å². The van der Waals surface area contributed by atoms with Gasteiger partial charge in [-0.15, -0.1) is 0 Å². The van der Waals surface area contributed by atoms with Crippen LogP contribution in [0.4, 0.5) is 0 Å². The third kappa shape index (κ3) is 1.99. The van der Waals surface area contributed by atoms with Crippen LogP contribution in [0.1, 0.15) is 24.1 Å². The Hall–Kier alpha value is -0.530. The van der Waals surface area contributed by atoms with Crippen molar-refractivity contribution in [1.82, 2.24) is 5.32 Å². The molecule has 1 rings (SSSR count). The van der Waals surface area contributed by atoms with E-state index in [0.29, 0.717) is 6.04 Å². The van der Waals surface area contributed by atoms with Crippen molar-refractivity contribution in [3.8, 4) is 0 Å². The molecule has 0 saturated carbocycles. The van der Waals surface area contributed by atoms with Crippen LogP contribution in [0.5, 0.6) is 0 Å². The van der Waals surface area contributed by atoms with Crippen molar-refractivity contribution in [1.29, 1.82) is 0 Å². The summed E-state index contributed by atoms with van der Waals surface area (Å²) in [6.07, 6.45) is 0. The zero-order valence-electron chi connectivity index (χ0n) is 7.69. The van der Waals surface area contributed by atoms with E-state index in [-0.39, 0.29) is 0 Å². The van der Waals surface area contributed by atoms with E-state index in [0.717, 1.165) is 5.02 Å². The summed E-state index contributed by atoms with van der Waals surface area (Å²) < 4.78 is 0. The van der Waals surface area contributed by atoms with Crippen LogP contribution >= 0.6 is 11.6 Å². The van der Waals surface area contributed by atoms with E-state index in [4.69, 9.17) is 11.6 Å². The third-order valence-corrected chi connectivity index (χ3v) is 2.37. The molecule has 0 fully saturated rings.